The minimum absolute atomic E-state index is 0.668. The maximum absolute atomic E-state index is 4.32. The van der Waals surface area contributed by atoms with Crippen LogP contribution < -0.4 is 10.6 Å². The Bertz CT molecular complexity index is 312. The Balaban J connectivity index is 1.75. The van der Waals surface area contributed by atoms with Crippen LogP contribution in [0.2, 0.25) is 0 Å². The van der Waals surface area contributed by atoms with Crippen LogP contribution >= 0.6 is 0 Å². The molecule has 1 aromatic rings. The van der Waals surface area contributed by atoms with Gasteiger partial charge in [0.2, 0.25) is 0 Å². The van der Waals surface area contributed by atoms with Gasteiger partial charge in [0.25, 0.3) is 0 Å². The van der Waals surface area contributed by atoms with Gasteiger partial charge in [-0.25, -0.2) is 0 Å². The highest BCUT2D eigenvalue weighted by molar-refractivity contribution is 5.14. The van der Waals surface area contributed by atoms with Crippen molar-refractivity contribution in [3.05, 3.63) is 17.5 Å². The molecule has 2 N–H and O–H groups in total. The molecule has 2 heterocycles. The maximum atomic E-state index is 4.32. The molecule has 4 nitrogen and oxygen atoms in total. The number of nitrogens with one attached hydrogen (secondary N) is 2. The van der Waals surface area contributed by atoms with Crippen LogP contribution in [0.25, 0.3) is 0 Å². The third-order valence-corrected chi connectivity index (χ3v) is 2.98. The van der Waals surface area contributed by atoms with E-state index in [1.807, 2.05) is 11.7 Å². The summed E-state index contributed by atoms with van der Waals surface area (Å²) >= 11 is 0. The van der Waals surface area contributed by atoms with Gasteiger partial charge in [-0.15, -0.1) is 0 Å². The molecule has 0 radical (unpaired) electrons. The molecule has 1 aromatic heterocycles. The Hall–Kier alpha value is -0.870. The normalized spacial score (nSPS) is 21.1. The van der Waals surface area contributed by atoms with E-state index in [-0.39, 0.29) is 0 Å². The van der Waals surface area contributed by atoms with Crippen LogP contribution in [0, 0.1) is 6.92 Å². The number of nitrogens with zero attached hydrogens (tertiary/aromatic N) is 2. The SMILES string of the molecule is Cc1nn(C)cc1CNCC1CCCN1. The molecule has 1 atom stereocenters. The van der Waals surface area contributed by atoms with Gasteiger partial charge in [-0.05, 0) is 26.3 Å². The van der Waals surface area contributed by atoms with Crippen molar-refractivity contribution in [2.45, 2.75) is 32.4 Å². The molecule has 0 aromatic carbocycles. The Kier molecular flexibility index (Phi) is 3.38. The van der Waals surface area contributed by atoms with Crippen LogP contribution in [0.1, 0.15) is 24.1 Å². The van der Waals surface area contributed by atoms with Gasteiger partial charge >= 0.3 is 0 Å². The standard InChI is InChI=1S/C11H20N4/c1-9-10(8-15(2)14-9)6-12-7-11-4-3-5-13-11/h8,11-13H,3-7H2,1-2H3. The predicted molar refractivity (Wildman–Crippen MR) is 60.7 cm³/mol. The first-order valence-corrected chi connectivity index (χ1v) is 5.69. The Morgan fingerprint density at radius 1 is 1.67 bits per heavy atom. The highest BCUT2D eigenvalue weighted by Crippen LogP contribution is 2.06. The molecule has 1 aliphatic rings. The summed E-state index contributed by atoms with van der Waals surface area (Å²) in [6.07, 6.45) is 4.71. The Morgan fingerprint density at radius 3 is 3.13 bits per heavy atom. The zero-order valence-electron chi connectivity index (χ0n) is 9.58. The van der Waals surface area contributed by atoms with E-state index in [0.29, 0.717) is 6.04 Å². The molecule has 0 saturated carbocycles. The number of hydrogen-bond acceptors (Lipinski definition) is 3. The van der Waals surface area contributed by atoms with E-state index in [1.165, 1.54) is 24.9 Å². The molecule has 84 valence electrons. The molecule has 15 heavy (non-hydrogen) atoms. The van der Waals surface area contributed by atoms with Crippen molar-refractivity contribution < 1.29 is 0 Å². The smallest absolute Gasteiger partial charge is 0.0638 e. The van der Waals surface area contributed by atoms with Gasteiger partial charge in [-0.3, -0.25) is 4.68 Å². The topological polar surface area (TPSA) is 41.9 Å². The van der Waals surface area contributed by atoms with E-state index >= 15 is 0 Å². The highest BCUT2D eigenvalue weighted by atomic mass is 15.2. The summed E-state index contributed by atoms with van der Waals surface area (Å²) in [4.78, 5) is 0. The third-order valence-electron chi connectivity index (χ3n) is 2.98. The monoisotopic (exact) mass is 208 g/mol. The number of aromatic nitrogens is 2. The molecule has 4 heteroatoms. The number of aryl methyl sites for hydroxylation is 2. The highest BCUT2D eigenvalue weighted by Gasteiger charge is 2.13. The summed E-state index contributed by atoms with van der Waals surface area (Å²) in [5, 5.41) is 11.3. The first-order chi connectivity index (χ1) is 7.25. The van der Waals surface area contributed by atoms with Crippen molar-refractivity contribution >= 4 is 0 Å². The average Bonchev–Trinajstić information content (AvgIpc) is 2.77. The lowest BCUT2D eigenvalue weighted by molar-refractivity contribution is 0.535. The zero-order valence-corrected chi connectivity index (χ0v) is 9.58. The molecule has 2 rings (SSSR count). The molecule has 1 unspecified atom stereocenters. The van der Waals surface area contributed by atoms with Crippen LogP contribution in [0.3, 0.4) is 0 Å². The van der Waals surface area contributed by atoms with Crippen LogP contribution in [0.15, 0.2) is 6.20 Å². The molecule has 0 spiro atoms. The Morgan fingerprint density at radius 2 is 2.53 bits per heavy atom. The number of hydrogen-bond donors (Lipinski definition) is 2. The zero-order chi connectivity index (χ0) is 10.7. The Labute approximate surface area is 91.1 Å². The molecule has 0 aliphatic carbocycles. The lowest BCUT2D eigenvalue weighted by atomic mass is 10.2. The number of rotatable bonds is 4. The second-order valence-corrected chi connectivity index (χ2v) is 4.34. The van der Waals surface area contributed by atoms with Gasteiger partial charge in [0.05, 0.1) is 5.69 Å². The second-order valence-electron chi connectivity index (χ2n) is 4.34. The van der Waals surface area contributed by atoms with E-state index < -0.39 is 0 Å². The van der Waals surface area contributed by atoms with Gasteiger partial charge in [-0.1, -0.05) is 0 Å². The van der Waals surface area contributed by atoms with Crippen molar-refractivity contribution in [2.24, 2.45) is 7.05 Å². The summed E-state index contributed by atoms with van der Waals surface area (Å²) in [7, 11) is 1.97. The molecule has 1 saturated heterocycles. The summed E-state index contributed by atoms with van der Waals surface area (Å²) in [5.74, 6) is 0. The van der Waals surface area contributed by atoms with E-state index in [0.717, 1.165) is 18.8 Å². The second kappa shape index (κ2) is 4.77. The minimum atomic E-state index is 0.668. The minimum Gasteiger partial charge on any atom is -0.313 e. The van der Waals surface area contributed by atoms with E-state index in [2.05, 4.69) is 28.9 Å². The quantitative estimate of drug-likeness (QED) is 0.760. The fraction of sp³-hybridized carbons (Fsp3) is 0.727. The van der Waals surface area contributed by atoms with Crippen molar-refractivity contribution in [1.29, 1.82) is 0 Å². The van der Waals surface area contributed by atoms with Crippen molar-refractivity contribution in [2.75, 3.05) is 13.1 Å². The first-order valence-electron chi connectivity index (χ1n) is 5.69. The van der Waals surface area contributed by atoms with Crippen LogP contribution in [0.5, 0.6) is 0 Å². The summed E-state index contributed by atoms with van der Waals surface area (Å²) in [6.45, 7) is 5.23. The molecular weight excluding hydrogens is 188 g/mol. The van der Waals surface area contributed by atoms with Crippen LogP contribution in [-0.4, -0.2) is 28.9 Å². The first kappa shape index (κ1) is 10.6. The van der Waals surface area contributed by atoms with Gasteiger partial charge in [-0.2, -0.15) is 5.10 Å². The fourth-order valence-electron chi connectivity index (χ4n) is 2.13. The summed E-state index contributed by atoms with van der Waals surface area (Å²) in [5.41, 5.74) is 2.43. The van der Waals surface area contributed by atoms with Crippen LogP contribution in [0.4, 0.5) is 0 Å². The summed E-state index contributed by atoms with van der Waals surface area (Å²) in [6, 6.07) is 0.668. The molecule has 1 fully saturated rings. The van der Waals surface area contributed by atoms with Gasteiger partial charge in [0.1, 0.15) is 0 Å². The molecule has 0 bridgehead atoms. The molecule has 1 aliphatic heterocycles. The van der Waals surface area contributed by atoms with Gasteiger partial charge in [0, 0.05) is 37.9 Å². The molecular formula is C11H20N4. The van der Waals surface area contributed by atoms with Crippen LogP contribution in [-0.2, 0) is 13.6 Å². The largest absolute Gasteiger partial charge is 0.313 e. The van der Waals surface area contributed by atoms with E-state index in [4.69, 9.17) is 0 Å². The third kappa shape index (κ3) is 2.79. The van der Waals surface area contributed by atoms with E-state index in [1.54, 1.807) is 0 Å². The maximum Gasteiger partial charge on any atom is 0.0638 e. The lowest BCUT2D eigenvalue weighted by Gasteiger charge is -2.10. The summed E-state index contributed by atoms with van der Waals surface area (Å²) < 4.78 is 1.88. The van der Waals surface area contributed by atoms with E-state index in [9.17, 15) is 0 Å². The molecule has 0 amide bonds. The fourth-order valence-corrected chi connectivity index (χ4v) is 2.13. The van der Waals surface area contributed by atoms with Crippen molar-refractivity contribution in [3.63, 3.8) is 0 Å². The van der Waals surface area contributed by atoms with Gasteiger partial charge in [0.15, 0.2) is 0 Å². The van der Waals surface area contributed by atoms with Crippen molar-refractivity contribution in [3.8, 4) is 0 Å². The lowest BCUT2D eigenvalue weighted by Crippen LogP contribution is -2.33. The predicted octanol–water partition coefficient (Wildman–Crippen LogP) is 0.570. The van der Waals surface area contributed by atoms with Gasteiger partial charge < -0.3 is 10.6 Å². The van der Waals surface area contributed by atoms with Crippen molar-refractivity contribution in [1.82, 2.24) is 20.4 Å². The average molecular weight is 208 g/mol.